The average molecular weight is 431 g/mol. The summed E-state index contributed by atoms with van der Waals surface area (Å²) in [6.07, 6.45) is 1.25. The molecule has 1 aliphatic rings. The zero-order chi connectivity index (χ0) is 22.2. The monoisotopic (exact) mass is 430 g/mol. The number of benzene rings is 3. The third-order valence-corrected chi connectivity index (χ3v) is 5.90. The number of carbonyl (C=O) groups is 1. The summed E-state index contributed by atoms with van der Waals surface area (Å²) in [4.78, 5) is 15.1. The highest BCUT2D eigenvalue weighted by atomic mass is 16.6. The molecule has 1 aliphatic heterocycles. The first-order valence-corrected chi connectivity index (χ1v) is 11.1. The van der Waals surface area contributed by atoms with E-state index < -0.39 is 0 Å². The van der Waals surface area contributed by atoms with Crippen molar-refractivity contribution in [3.8, 4) is 5.75 Å². The molecule has 0 saturated carbocycles. The number of nitrogens with zero attached hydrogens (tertiary/aromatic N) is 1. The summed E-state index contributed by atoms with van der Waals surface area (Å²) >= 11 is 0. The number of methoxy groups -OCH3 is 1. The zero-order valence-corrected chi connectivity index (χ0v) is 18.4. The van der Waals surface area contributed by atoms with Gasteiger partial charge >= 0.3 is 6.09 Å². The van der Waals surface area contributed by atoms with Crippen LogP contribution in [0.2, 0.25) is 0 Å². The number of hydrogen-bond donors (Lipinski definition) is 1. The highest BCUT2D eigenvalue weighted by molar-refractivity contribution is 5.69. The molecular weight excluding hydrogens is 400 g/mol. The minimum absolute atomic E-state index is 0.0608. The molecular formula is C27H30N2O3. The second kappa shape index (κ2) is 10.8. The standard InChI is InChI=1S/C27H30N2O3/c1-31-24-14-12-21(13-15-24)20-29-18-16-25(17-19-29)32-27(30)28-26(22-8-4-2-5-9-22)23-10-6-3-7-11-23/h2-15,25-26H,16-20H2,1H3,(H,28,30). The van der Waals surface area contributed by atoms with Gasteiger partial charge in [0.15, 0.2) is 0 Å². The Morgan fingerprint density at radius 3 is 2.00 bits per heavy atom. The Balaban J connectivity index is 1.30. The molecule has 0 radical (unpaired) electrons. The van der Waals surface area contributed by atoms with Crippen LogP contribution in [-0.2, 0) is 11.3 Å². The lowest BCUT2D eigenvalue weighted by Crippen LogP contribution is -2.40. The van der Waals surface area contributed by atoms with Crippen molar-refractivity contribution in [1.29, 1.82) is 0 Å². The van der Waals surface area contributed by atoms with E-state index in [0.717, 1.165) is 49.4 Å². The van der Waals surface area contributed by atoms with Crippen molar-refractivity contribution in [2.24, 2.45) is 0 Å². The Labute approximate surface area is 190 Å². The molecule has 1 saturated heterocycles. The maximum absolute atomic E-state index is 12.7. The molecule has 3 aromatic rings. The van der Waals surface area contributed by atoms with E-state index in [4.69, 9.17) is 9.47 Å². The van der Waals surface area contributed by atoms with Crippen LogP contribution in [0.3, 0.4) is 0 Å². The summed E-state index contributed by atoms with van der Waals surface area (Å²) < 4.78 is 11.0. The van der Waals surface area contributed by atoms with Crippen LogP contribution in [0.15, 0.2) is 84.9 Å². The Morgan fingerprint density at radius 2 is 1.47 bits per heavy atom. The SMILES string of the molecule is COc1ccc(CN2CCC(OC(=O)NC(c3ccccc3)c3ccccc3)CC2)cc1. The van der Waals surface area contributed by atoms with Crippen LogP contribution in [0.1, 0.15) is 35.6 Å². The number of amides is 1. The smallest absolute Gasteiger partial charge is 0.408 e. The van der Waals surface area contributed by atoms with E-state index in [1.165, 1.54) is 5.56 Å². The number of nitrogens with one attached hydrogen (secondary N) is 1. The van der Waals surface area contributed by atoms with Gasteiger partial charge in [-0.2, -0.15) is 0 Å². The minimum atomic E-state index is -0.365. The van der Waals surface area contributed by atoms with Crippen molar-refractivity contribution in [1.82, 2.24) is 10.2 Å². The molecule has 0 aliphatic carbocycles. The summed E-state index contributed by atoms with van der Waals surface area (Å²) in [6, 6.07) is 27.9. The Bertz CT molecular complexity index is 929. The second-order valence-electron chi connectivity index (χ2n) is 8.13. The summed E-state index contributed by atoms with van der Waals surface area (Å²) in [5.74, 6) is 0.871. The molecule has 32 heavy (non-hydrogen) atoms. The topological polar surface area (TPSA) is 50.8 Å². The molecule has 0 spiro atoms. The first kappa shape index (κ1) is 21.9. The van der Waals surface area contributed by atoms with Gasteiger partial charge < -0.3 is 14.8 Å². The van der Waals surface area contributed by atoms with Crippen molar-refractivity contribution >= 4 is 6.09 Å². The van der Waals surface area contributed by atoms with Gasteiger partial charge in [0, 0.05) is 19.6 Å². The van der Waals surface area contributed by atoms with Crippen LogP contribution < -0.4 is 10.1 Å². The molecule has 0 aromatic heterocycles. The number of alkyl carbamates (subject to hydrolysis) is 1. The van der Waals surface area contributed by atoms with Crippen LogP contribution in [0.4, 0.5) is 4.79 Å². The predicted molar refractivity (Wildman–Crippen MR) is 126 cm³/mol. The van der Waals surface area contributed by atoms with E-state index in [9.17, 15) is 4.79 Å². The molecule has 3 aromatic carbocycles. The largest absolute Gasteiger partial charge is 0.497 e. The zero-order valence-electron chi connectivity index (χ0n) is 18.4. The van der Waals surface area contributed by atoms with Crippen LogP contribution in [0.25, 0.3) is 0 Å². The van der Waals surface area contributed by atoms with Crippen LogP contribution >= 0.6 is 0 Å². The number of carbonyl (C=O) groups excluding carboxylic acids is 1. The number of rotatable bonds is 7. The van der Waals surface area contributed by atoms with Gasteiger partial charge in [0.05, 0.1) is 13.2 Å². The summed E-state index contributed by atoms with van der Waals surface area (Å²) in [6.45, 7) is 2.71. The molecule has 166 valence electrons. The Morgan fingerprint density at radius 1 is 0.906 bits per heavy atom. The number of likely N-dealkylation sites (tertiary alicyclic amines) is 1. The van der Waals surface area contributed by atoms with Crippen LogP contribution in [0, 0.1) is 0 Å². The fourth-order valence-corrected chi connectivity index (χ4v) is 4.13. The van der Waals surface area contributed by atoms with E-state index in [2.05, 4.69) is 22.3 Å². The van der Waals surface area contributed by atoms with Gasteiger partial charge in [-0.1, -0.05) is 72.8 Å². The van der Waals surface area contributed by atoms with Crippen molar-refractivity contribution in [3.63, 3.8) is 0 Å². The molecule has 0 unspecified atom stereocenters. The molecule has 5 heteroatoms. The fourth-order valence-electron chi connectivity index (χ4n) is 4.13. The lowest BCUT2D eigenvalue weighted by Gasteiger charge is -2.32. The quantitative estimate of drug-likeness (QED) is 0.561. The maximum Gasteiger partial charge on any atom is 0.408 e. The van der Waals surface area contributed by atoms with Gasteiger partial charge in [0.2, 0.25) is 0 Å². The van der Waals surface area contributed by atoms with E-state index in [-0.39, 0.29) is 18.2 Å². The molecule has 1 fully saturated rings. The first-order valence-electron chi connectivity index (χ1n) is 11.1. The van der Waals surface area contributed by atoms with Gasteiger partial charge in [-0.3, -0.25) is 4.90 Å². The average Bonchev–Trinajstić information content (AvgIpc) is 2.85. The van der Waals surface area contributed by atoms with Crippen LogP contribution in [-0.4, -0.2) is 37.3 Å². The second-order valence-corrected chi connectivity index (χ2v) is 8.13. The summed E-state index contributed by atoms with van der Waals surface area (Å²) in [7, 11) is 1.68. The maximum atomic E-state index is 12.7. The number of ether oxygens (including phenoxy) is 2. The van der Waals surface area contributed by atoms with Gasteiger partial charge in [0.1, 0.15) is 11.9 Å². The molecule has 5 nitrogen and oxygen atoms in total. The van der Waals surface area contributed by atoms with Crippen molar-refractivity contribution in [2.45, 2.75) is 31.5 Å². The number of hydrogen-bond acceptors (Lipinski definition) is 4. The lowest BCUT2D eigenvalue weighted by atomic mass is 9.99. The van der Waals surface area contributed by atoms with E-state index >= 15 is 0 Å². The third-order valence-electron chi connectivity index (χ3n) is 5.90. The normalized spacial score (nSPS) is 14.8. The van der Waals surface area contributed by atoms with Crippen molar-refractivity contribution < 1.29 is 14.3 Å². The summed E-state index contributed by atoms with van der Waals surface area (Å²) in [5, 5.41) is 3.07. The third kappa shape index (κ3) is 5.89. The van der Waals surface area contributed by atoms with Gasteiger partial charge in [0.25, 0.3) is 0 Å². The van der Waals surface area contributed by atoms with Gasteiger partial charge in [-0.15, -0.1) is 0 Å². The van der Waals surface area contributed by atoms with Crippen molar-refractivity contribution in [2.75, 3.05) is 20.2 Å². The molecule has 0 bridgehead atoms. The molecule has 1 N–H and O–H groups in total. The van der Waals surface area contributed by atoms with E-state index in [1.807, 2.05) is 72.8 Å². The van der Waals surface area contributed by atoms with E-state index in [0.29, 0.717) is 0 Å². The Kier molecular flexibility index (Phi) is 7.41. The minimum Gasteiger partial charge on any atom is -0.497 e. The Hall–Kier alpha value is -3.31. The van der Waals surface area contributed by atoms with Crippen molar-refractivity contribution in [3.05, 3.63) is 102 Å². The molecule has 0 atom stereocenters. The molecule has 1 amide bonds. The van der Waals surface area contributed by atoms with Gasteiger partial charge in [-0.25, -0.2) is 4.79 Å². The molecule has 4 rings (SSSR count). The van der Waals surface area contributed by atoms with Crippen LogP contribution in [0.5, 0.6) is 5.75 Å². The predicted octanol–water partition coefficient (Wildman–Crippen LogP) is 5.18. The highest BCUT2D eigenvalue weighted by Gasteiger charge is 2.24. The fraction of sp³-hybridized carbons (Fsp3) is 0.296. The van der Waals surface area contributed by atoms with Gasteiger partial charge in [-0.05, 0) is 41.7 Å². The van der Waals surface area contributed by atoms with E-state index in [1.54, 1.807) is 7.11 Å². The molecule has 1 heterocycles. The first-order chi connectivity index (χ1) is 15.7. The number of piperidine rings is 1. The summed E-state index contributed by atoms with van der Waals surface area (Å²) in [5.41, 5.74) is 3.33. The lowest BCUT2D eigenvalue weighted by molar-refractivity contribution is 0.0476. The highest BCUT2D eigenvalue weighted by Crippen LogP contribution is 2.23.